The minimum Gasteiger partial charge on any atom is -0.307 e. The summed E-state index contributed by atoms with van der Waals surface area (Å²) in [7, 11) is -3.81. The molecule has 0 radical (unpaired) electrons. The lowest BCUT2D eigenvalue weighted by molar-refractivity contribution is -0.121. The van der Waals surface area contributed by atoms with E-state index in [-0.39, 0.29) is 29.6 Å². The molecular formula is C19H16N4O4S. The van der Waals surface area contributed by atoms with Crippen molar-refractivity contribution < 1.29 is 18.0 Å². The Labute approximate surface area is 161 Å². The number of fused-ring (bicyclic) bond motifs is 3. The molecule has 28 heavy (non-hydrogen) atoms. The number of carbonyl (C=O) groups excluding carboxylic acids is 2. The van der Waals surface area contributed by atoms with Gasteiger partial charge in [-0.15, -0.1) is 0 Å². The zero-order valence-electron chi connectivity index (χ0n) is 14.8. The Morgan fingerprint density at radius 3 is 2.25 bits per heavy atom. The van der Waals surface area contributed by atoms with E-state index in [1.807, 2.05) is 28.8 Å². The molecule has 1 saturated heterocycles. The first-order valence-electron chi connectivity index (χ1n) is 8.91. The van der Waals surface area contributed by atoms with E-state index >= 15 is 0 Å². The maximum atomic E-state index is 13.2. The Morgan fingerprint density at radius 1 is 0.857 bits per heavy atom. The van der Waals surface area contributed by atoms with Crippen molar-refractivity contribution in [2.24, 2.45) is 0 Å². The molecule has 8 nitrogen and oxygen atoms in total. The number of amides is 2. The number of hydrogen-bond donors (Lipinski definition) is 0. The van der Waals surface area contributed by atoms with Gasteiger partial charge >= 0.3 is 0 Å². The quantitative estimate of drug-likeness (QED) is 0.631. The number of imide groups is 1. The smallest absolute Gasteiger partial charge is 0.266 e. The maximum Gasteiger partial charge on any atom is 0.266 e. The Kier molecular flexibility index (Phi) is 3.57. The third kappa shape index (κ3) is 2.36. The molecule has 0 unspecified atom stereocenters. The SMILES string of the molecule is O=C1CCC(=O)N1c1ccc(S(=O)(=O)N2CCn3c2nc2ccccc23)cc1. The molecule has 3 aromatic rings. The fourth-order valence-electron chi connectivity index (χ4n) is 3.75. The molecule has 0 atom stereocenters. The average molecular weight is 396 g/mol. The number of hydrogen-bond acceptors (Lipinski definition) is 5. The zero-order chi connectivity index (χ0) is 19.5. The molecule has 2 aromatic carbocycles. The van der Waals surface area contributed by atoms with Crippen LogP contribution in [-0.4, -0.2) is 36.3 Å². The van der Waals surface area contributed by atoms with Crippen LogP contribution in [0.4, 0.5) is 11.6 Å². The van der Waals surface area contributed by atoms with Crippen LogP contribution in [-0.2, 0) is 26.2 Å². The number of benzene rings is 2. The lowest BCUT2D eigenvalue weighted by Crippen LogP contribution is -2.30. The first-order valence-corrected chi connectivity index (χ1v) is 10.3. The third-order valence-electron chi connectivity index (χ3n) is 5.12. The lowest BCUT2D eigenvalue weighted by atomic mass is 10.3. The molecular weight excluding hydrogens is 380 g/mol. The van der Waals surface area contributed by atoms with Gasteiger partial charge in [0, 0.05) is 19.4 Å². The largest absolute Gasteiger partial charge is 0.307 e. The van der Waals surface area contributed by atoms with Crippen LogP contribution in [0.5, 0.6) is 0 Å². The van der Waals surface area contributed by atoms with Gasteiger partial charge in [0.05, 0.1) is 28.2 Å². The number of carbonyl (C=O) groups is 2. The number of nitrogens with zero attached hydrogens (tertiary/aromatic N) is 4. The van der Waals surface area contributed by atoms with Crippen molar-refractivity contribution in [2.75, 3.05) is 15.7 Å². The summed E-state index contributed by atoms with van der Waals surface area (Å²) in [5.41, 5.74) is 2.04. The molecule has 0 saturated carbocycles. The van der Waals surface area contributed by atoms with E-state index in [9.17, 15) is 18.0 Å². The number of sulfonamides is 1. The predicted molar refractivity (Wildman–Crippen MR) is 102 cm³/mol. The van der Waals surface area contributed by atoms with Crippen LogP contribution >= 0.6 is 0 Å². The van der Waals surface area contributed by atoms with Gasteiger partial charge in [-0.25, -0.2) is 17.7 Å². The maximum absolute atomic E-state index is 13.2. The number of rotatable bonds is 3. The van der Waals surface area contributed by atoms with Crippen LogP contribution in [0.1, 0.15) is 12.8 Å². The Bertz CT molecular complexity index is 1210. The molecule has 2 amide bonds. The second kappa shape index (κ2) is 5.90. The van der Waals surface area contributed by atoms with Gasteiger partial charge in [0.15, 0.2) is 0 Å². The highest BCUT2D eigenvalue weighted by atomic mass is 32.2. The molecule has 9 heteroatoms. The van der Waals surface area contributed by atoms with Gasteiger partial charge in [-0.1, -0.05) is 12.1 Å². The monoisotopic (exact) mass is 396 g/mol. The van der Waals surface area contributed by atoms with Crippen LogP contribution in [0, 0.1) is 0 Å². The van der Waals surface area contributed by atoms with E-state index in [2.05, 4.69) is 4.98 Å². The summed E-state index contributed by atoms with van der Waals surface area (Å²) < 4.78 is 29.5. The molecule has 2 aliphatic heterocycles. The van der Waals surface area contributed by atoms with Gasteiger partial charge in [0.2, 0.25) is 17.8 Å². The topological polar surface area (TPSA) is 92.6 Å². The number of para-hydroxylation sites is 2. The summed E-state index contributed by atoms with van der Waals surface area (Å²) in [5, 5.41) is 0. The van der Waals surface area contributed by atoms with E-state index in [0.29, 0.717) is 24.7 Å². The van der Waals surface area contributed by atoms with Crippen molar-refractivity contribution in [3.8, 4) is 0 Å². The van der Waals surface area contributed by atoms with Crippen molar-refractivity contribution in [3.63, 3.8) is 0 Å². The van der Waals surface area contributed by atoms with Gasteiger partial charge in [-0.3, -0.25) is 14.5 Å². The zero-order valence-corrected chi connectivity index (χ0v) is 15.6. The first kappa shape index (κ1) is 16.9. The van der Waals surface area contributed by atoms with Gasteiger partial charge in [-0.2, -0.15) is 0 Å². The van der Waals surface area contributed by atoms with Crippen LogP contribution in [0.25, 0.3) is 11.0 Å². The van der Waals surface area contributed by atoms with Crippen molar-refractivity contribution in [1.29, 1.82) is 0 Å². The van der Waals surface area contributed by atoms with E-state index in [1.54, 1.807) is 0 Å². The highest BCUT2D eigenvalue weighted by Gasteiger charge is 2.34. The Hall–Kier alpha value is -3.20. The molecule has 1 aromatic heterocycles. The van der Waals surface area contributed by atoms with Crippen LogP contribution in [0.2, 0.25) is 0 Å². The predicted octanol–water partition coefficient (Wildman–Crippen LogP) is 1.90. The standard InChI is InChI=1S/C19H16N4O4S/c24-17-9-10-18(25)23(17)13-5-7-14(8-6-13)28(26,27)22-12-11-21-16-4-2-1-3-15(16)20-19(21)22/h1-8H,9-12H2. The van der Waals surface area contributed by atoms with E-state index in [1.165, 1.54) is 28.6 Å². The third-order valence-corrected chi connectivity index (χ3v) is 6.91. The van der Waals surface area contributed by atoms with E-state index in [4.69, 9.17) is 0 Å². The average Bonchev–Trinajstić information content (AvgIpc) is 3.35. The molecule has 2 aliphatic rings. The van der Waals surface area contributed by atoms with Gasteiger partial charge in [0.1, 0.15) is 0 Å². The molecule has 3 heterocycles. The molecule has 0 N–H and O–H groups in total. The highest BCUT2D eigenvalue weighted by molar-refractivity contribution is 7.92. The highest BCUT2D eigenvalue weighted by Crippen LogP contribution is 2.32. The fourth-order valence-corrected chi connectivity index (χ4v) is 5.16. The summed E-state index contributed by atoms with van der Waals surface area (Å²) in [6.45, 7) is 0.838. The van der Waals surface area contributed by atoms with Gasteiger partial charge < -0.3 is 4.57 Å². The Balaban J connectivity index is 1.50. The molecule has 0 aliphatic carbocycles. The van der Waals surface area contributed by atoms with Crippen molar-refractivity contribution >= 4 is 44.5 Å². The molecule has 142 valence electrons. The minimum absolute atomic E-state index is 0.0934. The van der Waals surface area contributed by atoms with Crippen LogP contribution in [0.3, 0.4) is 0 Å². The van der Waals surface area contributed by atoms with Gasteiger partial charge in [-0.05, 0) is 36.4 Å². The number of imidazole rings is 1. The Morgan fingerprint density at radius 2 is 1.54 bits per heavy atom. The first-order chi connectivity index (χ1) is 13.5. The van der Waals surface area contributed by atoms with Crippen molar-refractivity contribution in [3.05, 3.63) is 48.5 Å². The fraction of sp³-hybridized carbons (Fsp3) is 0.211. The minimum atomic E-state index is -3.81. The summed E-state index contributed by atoms with van der Waals surface area (Å²) in [4.78, 5) is 29.4. The lowest BCUT2D eigenvalue weighted by Gasteiger charge is -2.18. The van der Waals surface area contributed by atoms with Crippen LogP contribution in [0.15, 0.2) is 53.4 Å². The van der Waals surface area contributed by atoms with Gasteiger partial charge in [0.25, 0.3) is 10.0 Å². The molecule has 0 spiro atoms. The summed E-state index contributed by atoms with van der Waals surface area (Å²) in [6.07, 6.45) is 0.367. The second-order valence-electron chi connectivity index (χ2n) is 6.75. The number of aromatic nitrogens is 2. The van der Waals surface area contributed by atoms with Crippen LogP contribution < -0.4 is 9.21 Å². The normalized spacial score (nSPS) is 17.0. The van der Waals surface area contributed by atoms with E-state index < -0.39 is 10.0 Å². The molecule has 5 rings (SSSR count). The van der Waals surface area contributed by atoms with Crippen molar-refractivity contribution in [2.45, 2.75) is 24.3 Å². The summed E-state index contributed by atoms with van der Waals surface area (Å²) >= 11 is 0. The molecule has 1 fully saturated rings. The number of anilines is 2. The summed E-state index contributed by atoms with van der Waals surface area (Å²) in [5.74, 6) is -0.141. The second-order valence-corrected chi connectivity index (χ2v) is 8.61. The van der Waals surface area contributed by atoms with E-state index in [0.717, 1.165) is 15.9 Å². The van der Waals surface area contributed by atoms with Crippen molar-refractivity contribution in [1.82, 2.24) is 9.55 Å². The summed E-state index contributed by atoms with van der Waals surface area (Å²) in [6, 6.07) is 13.4. The molecule has 0 bridgehead atoms.